The van der Waals surface area contributed by atoms with Crippen molar-refractivity contribution in [3.05, 3.63) is 69.8 Å². The second kappa shape index (κ2) is 5.42. The molecule has 3 rings (SSSR count). The monoisotopic (exact) mass is 331 g/mol. The van der Waals surface area contributed by atoms with Gasteiger partial charge >= 0.3 is 0 Å². The van der Waals surface area contributed by atoms with Crippen molar-refractivity contribution in [2.75, 3.05) is 0 Å². The van der Waals surface area contributed by atoms with E-state index in [-0.39, 0.29) is 12.1 Å². The number of oxazole rings is 1. The predicted octanol–water partition coefficient (Wildman–Crippen LogP) is 2.71. The van der Waals surface area contributed by atoms with Crippen LogP contribution in [0.3, 0.4) is 0 Å². The molecule has 1 aromatic carbocycles. The fourth-order valence-electron chi connectivity index (χ4n) is 1.80. The van der Waals surface area contributed by atoms with Gasteiger partial charge in [-0.2, -0.15) is 0 Å². The van der Waals surface area contributed by atoms with Crippen molar-refractivity contribution >= 4 is 15.9 Å². The molecule has 0 aliphatic heterocycles. The van der Waals surface area contributed by atoms with E-state index in [1.54, 1.807) is 6.20 Å². The molecule has 3 aromatic rings. The normalized spacial score (nSPS) is 10.7. The van der Waals surface area contributed by atoms with Gasteiger partial charge in [-0.15, -0.1) is 0 Å². The molecule has 2 aromatic heterocycles. The standard InChI is InChI=1S/C14H10BrN3O2/c15-11-6-16-9-18(14(11)19)8-13-17-7-12(20-13)10-4-2-1-3-5-10/h1-7,9H,8H2. The van der Waals surface area contributed by atoms with Gasteiger partial charge in [0.25, 0.3) is 5.56 Å². The van der Waals surface area contributed by atoms with Gasteiger partial charge in [0.05, 0.1) is 12.5 Å². The lowest BCUT2D eigenvalue weighted by atomic mass is 10.2. The summed E-state index contributed by atoms with van der Waals surface area (Å²) in [6.07, 6.45) is 4.57. The van der Waals surface area contributed by atoms with Crippen molar-refractivity contribution in [1.82, 2.24) is 14.5 Å². The van der Waals surface area contributed by atoms with Gasteiger partial charge in [0.1, 0.15) is 11.0 Å². The average Bonchev–Trinajstić information content (AvgIpc) is 2.93. The van der Waals surface area contributed by atoms with Gasteiger partial charge in [-0.3, -0.25) is 9.36 Å². The van der Waals surface area contributed by atoms with Crippen LogP contribution in [0, 0.1) is 0 Å². The summed E-state index contributed by atoms with van der Waals surface area (Å²) in [5.74, 6) is 1.14. The second-order valence-electron chi connectivity index (χ2n) is 4.16. The summed E-state index contributed by atoms with van der Waals surface area (Å²) in [5.41, 5.74) is 0.783. The van der Waals surface area contributed by atoms with Crippen LogP contribution in [0.1, 0.15) is 5.89 Å². The summed E-state index contributed by atoms with van der Waals surface area (Å²) in [5, 5.41) is 0. The summed E-state index contributed by atoms with van der Waals surface area (Å²) in [6, 6.07) is 9.68. The number of rotatable bonds is 3. The van der Waals surface area contributed by atoms with Crippen LogP contribution < -0.4 is 5.56 Å². The topological polar surface area (TPSA) is 60.9 Å². The van der Waals surface area contributed by atoms with E-state index in [2.05, 4.69) is 25.9 Å². The first-order valence-electron chi connectivity index (χ1n) is 5.94. The number of benzene rings is 1. The van der Waals surface area contributed by atoms with Crippen molar-refractivity contribution in [3.8, 4) is 11.3 Å². The average molecular weight is 332 g/mol. The van der Waals surface area contributed by atoms with Crippen LogP contribution in [-0.4, -0.2) is 14.5 Å². The Bertz CT molecular complexity index is 780. The summed E-state index contributed by atoms with van der Waals surface area (Å²) in [6.45, 7) is 0.248. The highest BCUT2D eigenvalue weighted by Crippen LogP contribution is 2.19. The molecule has 0 fully saturated rings. The van der Waals surface area contributed by atoms with Crippen LogP contribution in [0.5, 0.6) is 0 Å². The third kappa shape index (κ3) is 2.55. The molecule has 0 unspecified atom stereocenters. The first-order chi connectivity index (χ1) is 9.74. The summed E-state index contributed by atoms with van der Waals surface area (Å²) < 4.78 is 7.50. The van der Waals surface area contributed by atoms with Gasteiger partial charge in [0, 0.05) is 11.8 Å². The Hall–Kier alpha value is -2.21. The minimum atomic E-state index is -0.167. The maximum absolute atomic E-state index is 11.9. The minimum Gasteiger partial charge on any atom is -0.439 e. The Kier molecular flexibility index (Phi) is 3.47. The van der Waals surface area contributed by atoms with E-state index in [1.807, 2.05) is 30.3 Å². The molecule has 0 saturated heterocycles. The fourth-order valence-corrected chi connectivity index (χ4v) is 2.15. The summed E-state index contributed by atoms with van der Waals surface area (Å²) in [7, 11) is 0. The highest BCUT2D eigenvalue weighted by molar-refractivity contribution is 9.10. The van der Waals surface area contributed by atoms with E-state index in [9.17, 15) is 4.79 Å². The van der Waals surface area contributed by atoms with Gasteiger partial charge in [0.2, 0.25) is 5.89 Å². The molecule has 0 amide bonds. The fraction of sp³-hybridized carbons (Fsp3) is 0.0714. The molecule has 0 N–H and O–H groups in total. The number of hydrogen-bond donors (Lipinski definition) is 0. The highest BCUT2D eigenvalue weighted by atomic mass is 79.9. The Labute approximate surface area is 123 Å². The Morgan fingerprint density at radius 3 is 2.80 bits per heavy atom. The maximum atomic E-state index is 11.9. The van der Waals surface area contributed by atoms with Crippen LogP contribution in [0.25, 0.3) is 11.3 Å². The van der Waals surface area contributed by atoms with E-state index >= 15 is 0 Å². The molecular weight excluding hydrogens is 322 g/mol. The minimum absolute atomic E-state index is 0.167. The van der Waals surface area contributed by atoms with E-state index in [4.69, 9.17) is 4.42 Å². The molecule has 0 spiro atoms. The Morgan fingerprint density at radius 1 is 1.20 bits per heavy atom. The van der Waals surface area contributed by atoms with Crippen molar-refractivity contribution in [2.24, 2.45) is 0 Å². The second-order valence-corrected chi connectivity index (χ2v) is 5.01. The van der Waals surface area contributed by atoms with E-state index < -0.39 is 0 Å². The maximum Gasteiger partial charge on any atom is 0.268 e. The largest absolute Gasteiger partial charge is 0.439 e. The molecule has 0 radical (unpaired) electrons. The zero-order chi connectivity index (χ0) is 13.9. The molecule has 20 heavy (non-hydrogen) atoms. The number of nitrogens with zero attached hydrogens (tertiary/aromatic N) is 3. The molecular formula is C14H10BrN3O2. The number of aromatic nitrogens is 3. The van der Waals surface area contributed by atoms with Crippen LogP contribution in [-0.2, 0) is 6.54 Å². The number of hydrogen-bond acceptors (Lipinski definition) is 4. The molecule has 0 saturated carbocycles. The van der Waals surface area contributed by atoms with E-state index in [1.165, 1.54) is 17.1 Å². The first kappa shape index (κ1) is 12.8. The van der Waals surface area contributed by atoms with E-state index in [0.29, 0.717) is 16.1 Å². The SMILES string of the molecule is O=c1c(Br)cncn1Cc1ncc(-c2ccccc2)o1. The van der Waals surface area contributed by atoms with Crippen LogP contribution in [0.15, 0.2) is 62.7 Å². The molecule has 100 valence electrons. The van der Waals surface area contributed by atoms with Gasteiger partial charge in [-0.25, -0.2) is 9.97 Å². The van der Waals surface area contributed by atoms with Gasteiger partial charge in [-0.05, 0) is 15.9 Å². The molecule has 0 aliphatic rings. The molecule has 5 nitrogen and oxygen atoms in total. The molecule has 0 bridgehead atoms. The van der Waals surface area contributed by atoms with Crippen molar-refractivity contribution in [2.45, 2.75) is 6.54 Å². The van der Waals surface area contributed by atoms with Crippen molar-refractivity contribution in [1.29, 1.82) is 0 Å². The van der Waals surface area contributed by atoms with Crippen LogP contribution in [0.2, 0.25) is 0 Å². The van der Waals surface area contributed by atoms with Gasteiger partial charge < -0.3 is 4.42 Å². The number of halogens is 1. The Morgan fingerprint density at radius 2 is 2.00 bits per heavy atom. The third-order valence-corrected chi connectivity index (χ3v) is 3.32. The lowest BCUT2D eigenvalue weighted by Gasteiger charge is -2.01. The van der Waals surface area contributed by atoms with Gasteiger partial charge in [0.15, 0.2) is 5.76 Å². The van der Waals surface area contributed by atoms with Crippen molar-refractivity contribution < 1.29 is 4.42 Å². The first-order valence-corrected chi connectivity index (χ1v) is 6.73. The molecule has 0 aliphatic carbocycles. The van der Waals surface area contributed by atoms with E-state index in [0.717, 1.165) is 5.56 Å². The summed E-state index contributed by atoms with van der Waals surface area (Å²) in [4.78, 5) is 20.0. The lowest BCUT2D eigenvalue weighted by Crippen LogP contribution is -2.21. The molecule has 6 heteroatoms. The Balaban J connectivity index is 1.88. The quantitative estimate of drug-likeness (QED) is 0.740. The smallest absolute Gasteiger partial charge is 0.268 e. The lowest BCUT2D eigenvalue weighted by molar-refractivity contribution is 0.482. The van der Waals surface area contributed by atoms with Gasteiger partial charge in [-0.1, -0.05) is 30.3 Å². The molecule has 2 heterocycles. The van der Waals surface area contributed by atoms with Crippen molar-refractivity contribution in [3.63, 3.8) is 0 Å². The third-order valence-electron chi connectivity index (χ3n) is 2.78. The predicted molar refractivity (Wildman–Crippen MR) is 77.2 cm³/mol. The summed E-state index contributed by atoms with van der Waals surface area (Å²) >= 11 is 3.15. The highest BCUT2D eigenvalue weighted by Gasteiger charge is 2.08. The zero-order valence-electron chi connectivity index (χ0n) is 10.4. The van der Waals surface area contributed by atoms with Crippen LogP contribution in [0.4, 0.5) is 0 Å². The molecule has 0 atom stereocenters. The van der Waals surface area contributed by atoms with Crippen LogP contribution >= 0.6 is 15.9 Å². The zero-order valence-corrected chi connectivity index (χ0v) is 11.9.